The molecular formula is C19H23NO4S. The molecule has 2 aliphatic heterocycles. The minimum absolute atomic E-state index is 0.185. The largest absolute Gasteiger partial charge is 0.463 e. The molecule has 2 heterocycles. The summed E-state index contributed by atoms with van der Waals surface area (Å²) >= 11 is 1.32. The van der Waals surface area contributed by atoms with Gasteiger partial charge in [-0.25, -0.2) is 9.59 Å². The van der Waals surface area contributed by atoms with Crippen molar-refractivity contribution in [2.75, 3.05) is 13.2 Å². The van der Waals surface area contributed by atoms with E-state index in [4.69, 9.17) is 9.47 Å². The second-order valence-electron chi connectivity index (χ2n) is 7.29. The third kappa shape index (κ3) is 2.82. The lowest BCUT2D eigenvalue weighted by molar-refractivity contribution is -0.166. The third-order valence-electron chi connectivity index (χ3n) is 4.45. The number of ether oxygens (including phenoxy) is 2. The van der Waals surface area contributed by atoms with Crippen molar-refractivity contribution in [1.29, 1.82) is 0 Å². The van der Waals surface area contributed by atoms with E-state index in [9.17, 15) is 9.59 Å². The van der Waals surface area contributed by atoms with Crippen molar-refractivity contribution in [3.8, 4) is 0 Å². The molecule has 0 N–H and O–H groups in total. The molecule has 0 aromatic rings. The Labute approximate surface area is 152 Å². The Balaban J connectivity index is 2.18. The van der Waals surface area contributed by atoms with Crippen molar-refractivity contribution in [2.24, 2.45) is 10.9 Å². The van der Waals surface area contributed by atoms with Crippen LogP contribution in [0.25, 0.3) is 0 Å². The summed E-state index contributed by atoms with van der Waals surface area (Å²) in [5.41, 5.74) is 0.559. The van der Waals surface area contributed by atoms with Crippen LogP contribution in [0.5, 0.6) is 0 Å². The predicted molar refractivity (Wildman–Crippen MR) is 98.4 cm³/mol. The van der Waals surface area contributed by atoms with Crippen LogP contribution in [0, 0.1) is 5.92 Å². The molecule has 0 bridgehead atoms. The third-order valence-corrected chi connectivity index (χ3v) is 6.17. The Morgan fingerprint density at radius 3 is 2.84 bits per heavy atom. The molecular weight excluding hydrogens is 338 g/mol. The normalized spacial score (nSPS) is 33.4. The molecule has 3 unspecified atom stereocenters. The summed E-state index contributed by atoms with van der Waals surface area (Å²) in [5.74, 6) is 1.32. The van der Waals surface area contributed by atoms with Crippen LogP contribution in [0.2, 0.25) is 0 Å². The van der Waals surface area contributed by atoms with Crippen molar-refractivity contribution in [3.05, 3.63) is 29.9 Å². The fraction of sp³-hybridized carbons (Fsp3) is 0.579. The van der Waals surface area contributed by atoms with E-state index in [0.29, 0.717) is 18.5 Å². The van der Waals surface area contributed by atoms with Gasteiger partial charge in [-0.2, -0.15) is 0 Å². The van der Waals surface area contributed by atoms with Crippen LogP contribution in [0.3, 0.4) is 0 Å². The maximum absolute atomic E-state index is 13.0. The number of hydrogen-bond donors (Lipinski definition) is 0. The second kappa shape index (κ2) is 6.27. The summed E-state index contributed by atoms with van der Waals surface area (Å²) in [5, 5.41) is 0. The van der Waals surface area contributed by atoms with E-state index in [0.717, 1.165) is 5.71 Å². The van der Waals surface area contributed by atoms with Gasteiger partial charge in [0.2, 0.25) is 4.93 Å². The average Bonchev–Trinajstić information content (AvgIpc) is 2.81. The number of rotatable bonds is 3. The van der Waals surface area contributed by atoms with Gasteiger partial charge in [0.25, 0.3) is 0 Å². The van der Waals surface area contributed by atoms with E-state index >= 15 is 0 Å². The van der Waals surface area contributed by atoms with Gasteiger partial charge in [0.1, 0.15) is 5.94 Å². The second-order valence-corrected chi connectivity index (χ2v) is 8.74. The zero-order valence-corrected chi connectivity index (χ0v) is 15.8. The van der Waals surface area contributed by atoms with Crippen LogP contribution in [-0.4, -0.2) is 46.1 Å². The summed E-state index contributed by atoms with van der Waals surface area (Å²) in [7, 11) is 0. The van der Waals surface area contributed by atoms with Crippen molar-refractivity contribution in [2.45, 2.75) is 49.4 Å². The van der Waals surface area contributed by atoms with Crippen molar-refractivity contribution in [3.63, 3.8) is 0 Å². The summed E-state index contributed by atoms with van der Waals surface area (Å²) in [6.45, 7) is 8.16. The van der Waals surface area contributed by atoms with E-state index in [1.165, 1.54) is 11.8 Å². The monoisotopic (exact) mass is 361 g/mol. The molecule has 3 rings (SSSR count). The molecule has 1 aliphatic carbocycles. The molecule has 3 aliphatic rings. The number of esters is 1. The number of allylic oxidation sites excluding steroid dienone is 3. The Morgan fingerprint density at radius 2 is 2.20 bits per heavy atom. The smallest absolute Gasteiger partial charge is 0.354 e. The molecule has 0 aromatic carbocycles. The van der Waals surface area contributed by atoms with Crippen molar-refractivity contribution >= 4 is 29.4 Å². The summed E-state index contributed by atoms with van der Waals surface area (Å²) in [6, 6.07) is 0. The highest BCUT2D eigenvalue weighted by Gasteiger charge is 2.67. The summed E-state index contributed by atoms with van der Waals surface area (Å²) in [4.78, 5) is 28.1. The topological polar surface area (TPSA) is 65.0 Å². The Kier molecular flexibility index (Phi) is 4.56. The molecule has 3 atom stereocenters. The minimum Gasteiger partial charge on any atom is -0.463 e. The van der Waals surface area contributed by atoms with Gasteiger partial charge in [-0.3, -0.25) is 4.99 Å². The molecule has 0 amide bonds. The lowest BCUT2D eigenvalue weighted by Crippen LogP contribution is -2.46. The van der Waals surface area contributed by atoms with Gasteiger partial charge in [-0.05, 0) is 40.2 Å². The Bertz CT molecular complexity index is 726. The molecule has 1 saturated heterocycles. The maximum Gasteiger partial charge on any atom is 0.354 e. The molecule has 0 saturated carbocycles. The molecule has 0 radical (unpaired) electrons. The van der Waals surface area contributed by atoms with Gasteiger partial charge in [0.15, 0.2) is 0 Å². The van der Waals surface area contributed by atoms with Crippen LogP contribution < -0.4 is 0 Å². The fourth-order valence-corrected chi connectivity index (χ4v) is 5.63. The van der Waals surface area contributed by atoms with E-state index in [1.54, 1.807) is 6.92 Å². The van der Waals surface area contributed by atoms with Crippen LogP contribution in [0.1, 0.15) is 34.1 Å². The Morgan fingerprint density at radius 1 is 1.44 bits per heavy atom. The number of thioether (sulfide) groups is 1. The van der Waals surface area contributed by atoms with Crippen LogP contribution in [-0.2, 0) is 19.1 Å². The summed E-state index contributed by atoms with van der Waals surface area (Å²) < 4.78 is 11.0. The first-order chi connectivity index (χ1) is 11.8. The average molecular weight is 361 g/mol. The van der Waals surface area contributed by atoms with Gasteiger partial charge in [-0.15, -0.1) is 0 Å². The lowest BCUT2D eigenvalue weighted by Gasteiger charge is -2.37. The number of aliphatic imine (C=N–C) groups is 1. The zero-order chi connectivity index (χ0) is 18.3. The molecule has 6 heteroatoms. The van der Waals surface area contributed by atoms with Gasteiger partial charge in [-0.1, -0.05) is 30.0 Å². The van der Waals surface area contributed by atoms with Gasteiger partial charge >= 0.3 is 5.97 Å². The first-order valence-corrected chi connectivity index (χ1v) is 9.34. The molecule has 5 nitrogen and oxygen atoms in total. The lowest BCUT2D eigenvalue weighted by atomic mass is 9.75. The molecule has 134 valence electrons. The van der Waals surface area contributed by atoms with Gasteiger partial charge < -0.3 is 9.47 Å². The van der Waals surface area contributed by atoms with Crippen LogP contribution in [0.15, 0.2) is 34.9 Å². The number of carbonyl (C=O) groups excluding carboxylic acids is 2. The molecule has 0 aromatic heterocycles. The van der Waals surface area contributed by atoms with Crippen LogP contribution >= 0.6 is 11.8 Å². The van der Waals surface area contributed by atoms with Crippen molar-refractivity contribution < 1.29 is 19.1 Å². The molecule has 1 fully saturated rings. The van der Waals surface area contributed by atoms with E-state index in [2.05, 4.69) is 10.9 Å². The van der Waals surface area contributed by atoms with Crippen LogP contribution in [0.4, 0.5) is 0 Å². The quantitative estimate of drug-likeness (QED) is 0.571. The highest BCUT2D eigenvalue weighted by Crippen LogP contribution is 2.62. The first kappa shape index (κ1) is 18.2. The maximum atomic E-state index is 13.0. The standard InChI is InChI=1S/C19H23NO4S/c1-5-23-16(22)19(24-17(2,3)4)14(12-21)13-9-11-20-15-8-6-7-10-18(13,15)25-19/h6-8,10,13H,5,9,11H2,1-4H3. The fourth-order valence-electron chi connectivity index (χ4n) is 3.66. The number of nitrogens with zero attached hydrogens (tertiary/aromatic N) is 1. The van der Waals surface area contributed by atoms with Gasteiger partial charge in [0, 0.05) is 12.5 Å². The predicted octanol–water partition coefficient (Wildman–Crippen LogP) is 2.89. The number of hydrogen-bond acceptors (Lipinski definition) is 6. The first-order valence-electron chi connectivity index (χ1n) is 8.53. The molecule has 1 spiro atoms. The molecule has 25 heavy (non-hydrogen) atoms. The number of carbonyl (C=O) groups is 1. The SMILES string of the molecule is CCOC(=O)C1(OC(C)(C)C)SC23C=CC=CC2=NCCC3C1=C=O. The highest BCUT2D eigenvalue weighted by atomic mass is 32.2. The summed E-state index contributed by atoms with van der Waals surface area (Å²) in [6.07, 6.45) is 8.50. The van der Waals surface area contributed by atoms with Crippen molar-refractivity contribution in [1.82, 2.24) is 0 Å². The Hall–Kier alpha value is -1.62. The minimum atomic E-state index is -1.50. The van der Waals surface area contributed by atoms with Gasteiger partial charge in [0.05, 0.1) is 28.2 Å². The highest BCUT2D eigenvalue weighted by molar-refractivity contribution is 8.04. The zero-order valence-electron chi connectivity index (χ0n) is 15.0. The van der Waals surface area contributed by atoms with E-state index in [-0.39, 0.29) is 12.5 Å². The van der Waals surface area contributed by atoms with E-state index in [1.807, 2.05) is 45.1 Å². The van der Waals surface area contributed by atoms with E-state index < -0.39 is 21.3 Å².